The van der Waals surface area contributed by atoms with Gasteiger partial charge in [-0.15, -0.1) is 6.58 Å². The minimum absolute atomic E-state index is 0.331. The molecule has 0 aliphatic carbocycles. The van der Waals surface area contributed by atoms with E-state index in [0.29, 0.717) is 12.2 Å². The molecule has 1 heterocycles. The van der Waals surface area contributed by atoms with Crippen LogP contribution < -0.4 is 4.90 Å². The smallest absolute Gasteiger partial charge is 0.339 e. The van der Waals surface area contributed by atoms with E-state index in [1.165, 1.54) is 0 Å². The van der Waals surface area contributed by atoms with E-state index in [4.69, 9.17) is 4.74 Å². The molecule has 0 aliphatic rings. The van der Waals surface area contributed by atoms with Gasteiger partial charge in [0.25, 0.3) is 0 Å². The van der Waals surface area contributed by atoms with Gasteiger partial charge >= 0.3 is 5.97 Å². The Morgan fingerprint density at radius 2 is 2.28 bits per heavy atom. The van der Waals surface area contributed by atoms with Crippen molar-refractivity contribution in [2.24, 2.45) is 0 Å². The lowest BCUT2D eigenvalue weighted by Crippen LogP contribution is -2.25. The van der Waals surface area contributed by atoms with Crippen LogP contribution in [0.1, 0.15) is 30.6 Å². The van der Waals surface area contributed by atoms with Crippen LogP contribution in [0.25, 0.3) is 0 Å². The van der Waals surface area contributed by atoms with Crippen molar-refractivity contribution in [2.75, 3.05) is 24.6 Å². The topological polar surface area (TPSA) is 42.4 Å². The highest BCUT2D eigenvalue weighted by Crippen LogP contribution is 2.12. The monoisotopic (exact) mass is 248 g/mol. The van der Waals surface area contributed by atoms with Gasteiger partial charge in [-0.1, -0.05) is 13.0 Å². The summed E-state index contributed by atoms with van der Waals surface area (Å²) in [5, 5.41) is 0. The van der Waals surface area contributed by atoms with Gasteiger partial charge in [-0.25, -0.2) is 9.78 Å². The molecule has 0 saturated carbocycles. The molecule has 18 heavy (non-hydrogen) atoms. The second-order valence-corrected chi connectivity index (χ2v) is 3.86. The molecule has 0 radical (unpaired) electrons. The number of hydrogen-bond donors (Lipinski definition) is 0. The number of esters is 1. The van der Waals surface area contributed by atoms with Gasteiger partial charge in [-0.3, -0.25) is 0 Å². The number of rotatable bonds is 7. The first kappa shape index (κ1) is 14.2. The van der Waals surface area contributed by atoms with Crippen LogP contribution in [0.3, 0.4) is 0 Å². The Kier molecular flexibility index (Phi) is 5.91. The van der Waals surface area contributed by atoms with E-state index in [9.17, 15) is 4.79 Å². The average molecular weight is 248 g/mol. The Balaban J connectivity index is 2.79. The van der Waals surface area contributed by atoms with E-state index in [-0.39, 0.29) is 5.97 Å². The number of hydrogen-bond acceptors (Lipinski definition) is 4. The lowest BCUT2D eigenvalue weighted by molar-refractivity contribution is 0.0526. The second kappa shape index (κ2) is 7.48. The van der Waals surface area contributed by atoms with Crippen LogP contribution in [0, 0.1) is 0 Å². The summed E-state index contributed by atoms with van der Waals surface area (Å²) in [6.07, 6.45) is 4.44. The molecule has 0 amide bonds. The van der Waals surface area contributed by atoms with E-state index in [2.05, 4.69) is 23.4 Å². The largest absolute Gasteiger partial charge is 0.462 e. The predicted molar refractivity (Wildman–Crippen MR) is 72.9 cm³/mol. The van der Waals surface area contributed by atoms with Crippen LogP contribution in [0.15, 0.2) is 31.0 Å². The molecule has 0 aromatic carbocycles. The van der Waals surface area contributed by atoms with Gasteiger partial charge < -0.3 is 9.64 Å². The Morgan fingerprint density at radius 1 is 1.50 bits per heavy atom. The van der Waals surface area contributed by atoms with Crippen LogP contribution in [0.5, 0.6) is 0 Å². The fraction of sp³-hybridized carbons (Fsp3) is 0.429. The maximum atomic E-state index is 11.5. The van der Waals surface area contributed by atoms with Crippen LogP contribution in [0.2, 0.25) is 0 Å². The molecule has 1 rings (SSSR count). The third-order valence-electron chi connectivity index (χ3n) is 2.43. The van der Waals surface area contributed by atoms with Gasteiger partial charge in [-0.05, 0) is 25.5 Å². The highest BCUT2D eigenvalue weighted by molar-refractivity contribution is 5.89. The molecule has 0 bridgehead atoms. The van der Waals surface area contributed by atoms with Crippen molar-refractivity contribution in [1.82, 2.24) is 4.98 Å². The molecule has 0 fully saturated rings. The number of anilines is 1. The van der Waals surface area contributed by atoms with E-state index in [1.54, 1.807) is 19.2 Å². The lowest BCUT2D eigenvalue weighted by Gasteiger charge is -2.21. The predicted octanol–water partition coefficient (Wildman–Crippen LogP) is 2.66. The van der Waals surface area contributed by atoms with Crippen LogP contribution in [-0.2, 0) is 4.74 Å². The van der Waals surface area contributed by atoms with E-state index < -0.39 is 0 Å². The molecule has 4 nitrogen and oxygen atoms in total. The first-order valence-corrected chi connectivity index (χ1v) is 6.21. The zero-order valence-corrected chi connectivity index (χ0v) is 11.1. The Labute approximate surface area is 108 Å². The quantitative estimate of drug-likeness (QED) is 0.549. The first-order valence-electron chi connectivity index (χ1n) is 6.21. The highest BCUT2D eigenvalue weighted by Gasteiger charge is 2.09. The maximum Gasteiger partial charge on any atom is 0.339 e. The van der Waals surface area contributed by atoms with Crippen LogP contribution >= 0.6 is 0 Å². The summed E-state index contributed by atoms with van der Waals surface area (Å²) >= 11 is 0. The molecule has 1 aromatic heterocycles. The summed E-state index contributed by atoms with van der Waals surface area (Å²) in [7, 11) is 0. The zero-order chi connectivity index (χ0) is 13.4. The standard InChI is InChI=1S/C14H20N2O2/c1-4-9-16(10-5-2)13-8-7-12(11-15-13)14(17)18-6-3/h4,7-8,11H,1,5-6,9-10H2,2-3H3. The minimum atomic E-state index is -0.331. The SMILES string of the molecule is C=CCN(CCC)c1ccc(C(=O)OCC)cn1. The number of carbonyl (C=O) groups is 1. The second-order valence-electron chi connectivity index (χ2n) is 3.86. The average Bonchev–Trinajstić information content (AvgIpc) is 2.39. The van der Waals surface area contributed by atoms with Crippen molar-refractivity contribution < 1.29 is 9.53 Å². The van der Waals surface area contributed by atoms with E-state index in [0.717, 1.165) is 25.3 Å². The van der Waals surface area contributed by atoms with Gasteiger partial charge in [-0.2, -0.15) is 0 Å². The summed E-state index contributed by atoms with van der Waals surface area (Å²) < 4.78 is 4.91. The molecule has 0 spiro atoms. The molecular weight excluding hydrogens is 228 g/mol. The Hall–Kier alpha value is -1.84. The van der Waals surface area contributed by atoms with E-state index >= 15 is 0 Å². The third-order valence-corrected chi connectivity index (χ3v) is 2.43. The zero-order valence-electron chi connectivity index (χ0n) is 11.1. The number of ether oxygens (including phenoxy) is 1. The van der Waals surface area contributed by atoms with Gasteiger partial charge in [0.1, 0.15) is 5.82 Å². The van der Waals surface area contributed by atoms with Gasteiger partial charge in [0.05, 0.1) is 12.2 Å². The van der Waals surface area contributed by atoms with E-state index in [1.807, 2.05) is 12.1 Å². The minimum Gasteiger partial charge on any atom is -0.462 e. The van der Waals surface area contributed by atoms with Crippen molar-refractivity contribution in [3.63, 3.8) is 0 Å². The summed E-state index contributed by atoms with van der Waals surface area (Å²) in [5.41, 5.74) is 0.482. The highest BCUT2D eigenvalue weighted by atomic mass is 16.5. The Morgan fingerprint density at radius 3 is 2.78 bits per heavy atom. The van der Waals surface area contributed by atoms with Crippen molar-refractivity contribution in [3.05, 3.63) is 36.5 Å². The summed E-state index contributed by atoms with van der Waals surface area (Å²) in [6.45, 7) is 9.67. The fourth-order valence-electron chi connectivity index (χ4n) is 1.63. The Bertz CT molecular complexity index is 387. The van der Waals surface area contributed by atoms with Crippen molar-refractivity contribution in [1.29, 1.82) is 0 Å². The molecule has 0 unspecified atom stereocenters. The van der Waals surface area contributed by atoms with Crippen molar-refractivity contribution in [3.8, 4) is 0 Å². The van der Waals surface area contributed by atoms with Gasteiger partial charge in [0.2, 0.25) is 0 Å². The summed E-state index contributed by atoms with van der Waals surface area (Å²) in [4.78, 5) is 17.9. The molecule has 0 N–H and O–H groups in total. The number of carbonyl (C=O) groups excluding carboxylic acids is 1. The lowest BCUT2D eigenvalue weighted by atomic mass is 10.2. The number of aromatic nitrogens is 1. The molecule has 0 saturated heterocycles. The summed E-state index contributed by atoms with van der Waals surface area (Å²) in [6, 6.07) is 3.58. The molecule has 4 heteroatoms. The summed E-state index contributed by atoms with van der Waals surface area (Å²) in [5.74, 6) is 0.520. The van der Waals surface area contributed by atoms with Crippen molar-refractivity contribution >= 4 is 11.8 Å². The molecule has 0 aliphatic heterocycles. The number of pyridine rings is 1. The normalized spacial score (nSPS) is 9.89. The van der Waals surface area contributed by atoms with Gasteiger partial charge in [0, 0.05) is 19.3 Å². The van der Waals surface area contributed by atoms with Gasteiger partial charge in [0.15, 0.2) is 0 Å². The first-order chi connectivity index (χ1) is 8.72. The molecule has 98 valence electrons. The molecule has 0 atom stereocenters. The van der Waals surface area contributed by atoms with Crippen LogP contribution in [-0.4, -0.2) is 30.6 Å². The molecular formula is C14H20N2O2. The van der Waals surface area contributed by atoms with Crippen molar-refractivity contribution in [2.45, 2.75) is 20.3 Å². The van der Waals surface area contributed by atoms with Crippen LogP contribution in [0.4, 0.5) is 5.82 Å². The fourth-order valence-corrected chi connectivity index (χ4v) is 1.63. The maximum absolute atomic E-state index is 11.5. The third kappa shape index (κ3) is 3.87. The molecule has 1 aromatic rings. The number of nitrogens with zero attached hydrogens (tertiary/aromatic N) is 2.